The Morgan fingerprint density at radius 1 is 0.349 bits per heavy atom. The van der Waals surface area contributed by atoms with E-state index < -0.39 is 5.41 Å². The number of rotatable bonds is 8. The molecule has 0 saturated heterocycles. The van der Waals surface area contributed by atoms with E-state index in [1.165, 1.54) is 77.4 Å². The van der Waals surface area contributed by atoms with Crippen molar-refractivity contribution in [1.29, 1.82) is 0 Å². The van der Waals surface area contributed by atoms with Gasteiger partial charge in [0.15, 0.2) is 0 Å². The molecular weight excluding hydrogens is 761 g/mol. The summed E-state index contributed by atoms with van der Waals surface area (Å²) < 4.78 is 2.42. The van der Waals surface area contributed by atoms with Crippen molar-refractivity contribution in [3.05, 3.63) is 277 Å². The molecule has 1 aromatic heterocycles. The fraction of sp³-hybridized carbons (Fsp3) is 0.0164. The van der Waals surface area contributed by atoms with Crippen LogP contribution < -0.4 is 4.90 Å². The van der Waals surface area contributed by atoms with Gasteiger partial charge in [0.05, 0.1) is 22.1 Å². The molecule has 296 valence electrons. The molecule has 11 aromatic rings. The lowest BCUT2D eigenvalue weighted by Crippen LogP contribution is -2.28. The Morgan fingerprint density at radius 2 is 0.873 bits per heavy atom. The molecule has 1 aliphatic rings. The lowest BCUT2D eigenvalue weighted by molar-refractivity contribution is 0.768. The van der Waals surface area contributed by atoms with E-state index in [-0.39, 0.29) is 0 Å². The number of hydrogen-bond donors (Lipinski definition) is 0. The Morgan fingerprint density at radius 3 is 1.56 bits per heavy atom. The van der Waals surface area contributed by atoms with E-state index in [0.29, 0.717) is 0 Å². The SMILES string of the molecule is c1ccc(-c2ccc(N(c3ccc4c(c3)c3c(-c5ccccc5)cccc3n4-c3ccccc3)c3cccc4c3-c3ccccc3C4(c3ccccc3)c3ccccc3)cc2)cc1. The Kier molecular flexibility index (Phi) is 8.76. The molecule has 0 bridgehead atoms. The summed E-state index contributed by atoms with van der Waals surface area (Å²) in [4.78, 5) is 2.49. The molecule has 0 radical (unpaired) electrons. The Bertz CT molecular complexity index is 3370. The van der Waals surface area contributed by atoms with Crippen molar-refractivity contribution >= 4 is 38.9 Å². The number of hydrogen-bond acceptors (Lipinski definition) is 1. The van der Waals surface area contributed by atoms with Crippen LogP contribution in [-0.2, 0) is 5.41 Å². The van der Waals surface area contributed by atoms with Crippen LogP contribution in [0, 0.1) is 0 Å². The molecule has 2 nitrogen and oxygen atoms in total. The maximum Gasteiger partial charge on any atom is 0.0714 e. The zero-order valence-electron chi connectivity index (χ0n) is 34.6. The summed E-state index contributed by atoms with van der Waals surface area (Å²) in [7, 11) is 0. The van der Waals surface area contributed by atoms with Crippen molar-refractivity contribution < 1.29 is 0 Å². The number of fused-ring (bicyclic) bond motifs is 6. The second kappa shape index (κ2) is 15.1. The largest absolute Gasteiger partial charge is 0.310 e. The van der Waals surface area contributed by atoms with Crippen molar-refractivity contribution in [3.8, 4) is 39.1 Å². The smallest absolute Gasteiger partial charge is 0.0714 e. The molecule has 0 amide bonds. The van der Waals surface area contributed by atoms with Gasteiger partial charge < -0.3 is 9.47 Å². The summed E-state index contributed by atoms with van der Waals surface area (Å²) in [5.74, 6) is 0. The maximum atomic E-state index is 2.49. The third-order valence-electron chi connectivity index (χ3n) is 13.1. The minimum Gasteiger partial charge on any atom is -0.310 e. The van der Waals surface area contributed by atoms with Gasteiger partial charge >= 0.3 is 0 Å². The molecule has 1 aliphatic carbocycles. The molecule has 0 fully saturated rings. The van der Waals surface area contributed by atoms with Gasteiger partial charge in [0.2, 0.25) is 0 Å². The van der Waals surface area contributed by atoms with E-state index in [1.807, 2.05) is 0 Å². The summed E-state index contributed by atoms with van der Waals surface area (Å²) in [6.45, 7) is 0. The van der Waals surface area contributed by atoms with E-state index in [4.69, 9.17) is 0 Å². The Balaban J connectivity index is 1.16. The third kappa shape index (κ3) is 5.80. The van der Waals surface area contributed by atoms with Crippen LogP contribution in [0.3, 0.4) is 0 Å². The zero-order valence-corrected chi connectivity index (χ0v) is 34.6. The second-order valence-electron chi connectivity index (χ2n) is 16.4. The number of nitrogens with zero attached hydrogens (tertiary/aromatic N) is 2. The topological polar surface area (TPSA) is 8.17 Å². The Hall–Kier alpha value is -8.20. The van der Waals surface area contributed by atoms with Crippen LogP contribution in [-0.4, -0.2) is 4.57 Å². The molecule has 0 spiro atoms. The first-order valence-electron chi connectivity index (χ1n) is 21.8. The zero-order chi connectivity index (χ0) is 41.7. The van der Waals surface area contributed by atoms with Crippen molar-refractivity contribution in [2.75, 3.05) is 4.90 Å². The van der Waals surface area contributed by atoms with E-state index in [2.05, 4.69) is 264 Å². The van der Waals surface area contributed by atoms with Gasteiger partial charge in [0.25, 0.3) is 0 Å². The number of para-hydroxylation sites is 1. The number of anilines is 3. The summed E-state index contributed by atoms with van der Waals surface area (Å²) in [5.41, 5.74) is 18.6. The molecule has 2 heteroatoms. The maximum absolute atomic E-state index is 2.49. The summed E-state index contributed by atoms with van der Waals surface area (Å²) in [6, 6.07) is 93.3. The van der Waals surface area contributed by atoms with Crippen LogP contribution in [0.1, 0.15) is 22.3 Å². The second-order valence-corrected chi connectivity index (χ2v) is 16.4. The van der Waals surface area contributed by atoms with Gasteiger partial charge in [-0.3, -0.25) is 0 Å². The molecule has 0 atom stereocenters. The Labute approximate surface area is 368 Å². The molecule has 12 rings (SSSR count). The van der Waals surface area contributed by atoms with Gasteiger partial charge in [-0.05, 0) is 105 Å². The van der Waals surface area contributed by atoms with E-state index in [9.17, 15) is 0 Å². The van der Waals surface area contributed by atoms with Crippen LogP contribution in [0.25, 0.3) is 60.9 Å². The third-order valence-corrected chi connectivity index (χ3v) is 13.1. The van der Waals surface area contributed by atoms with Crippen molar-refractivity contribution in [2.24, 2.45) is 0 Å². The summed E-state index contributed by atoms with van der Waals surface area (Å²) in [6.07, 6.45) is 0. The first-order chi connectivity index (χ1) is 31.3. The number of aromatic nitrogens is 1. The minimum atomic E-state index is -0.523. The van der Waals surface area contributed by atoms with Crippen molar-refractivity contribution in [2.45, 2.75) is 5.41 Å². The first kappa shape index (κ1) is 36.6. The lowest BCUT2D eigenvalue weighted by atomic mass is 9.68. The van der Waals surface area contributed by atoms with E-state index in [1.54, 1.807) is 0 Å². The fourth-order valence-electron chi connectivity index (χ4n) is 10.4. The average molecular weight is 803 g/mol. The quantitative estimate of drug-likeness (QED) is 0.149. The van der Waals surface area contributed by atoms with Gasteiger partial charge in [0.1, 0.15) is 0 Å². The minimum absolute atomic E-state index is 0.523. The molecule has 0 saturated carbocycles. The molecule has 0 N–H and O–H groups in total. The molecular formula is C61H42N2. The van der Waals surface area contributed by atoms with Gasteiger partial charge in [-0.25, -0.2) is 0 Å². The highest BCUT2D eigenvalue weighted by Crippen LogP contribution is 2.59. The van der Waals surface area contributed by atoms with Crippen LogP contribution in [0.2, 0.25) is 0 Å². The molecule has 0 aliphatic heterocycles. The molecule has 1 heterocycles. The predicted octanol–water partition coefficient (Wildman–Crippen LogP) is 16.0. The average Bonchev–Trinajstić information content (AvgIpc) is 3.87. The lowest BCUT2D eigenvalue weighted by Gasteiger charge is -2.34. The molecule has 63 heavy (non-hydrogen) atoms. The van der Waals surface area contributed by atoms with E-state index in [0.717, 1.165) is 22.7 Å². The summed E-state index contributed by atoms with van der Waals surface area (Å²) >= 11 is 0. The predicted molar refractivity (Wildman–Crippen MR) is 264 cm³/mol. The van der Waals surface area contributed by atoms with Crippen LogP contribution in [0.15, 0.2) is 255 Å². The van der Waals surface area contributed by atoms with Gasteiger partial charge in [-0.15, -0.1) is 0 Å². The van der Waals surface area contributed by atoms with Crippen molar-refractivity contribution in [1.82, 2.24) is 4.57 Å². The molecule has 10 aromatic carbocycles. The van der Waals surface area contributed by atoms with Gasteiger partial charge in [-0.2, -0.15) is 0 Å². The molecule has 0 unspecified atom stereocenters. The van der Waals surface area contributed by atoms with Gasteiger partial charge in [-0.1, -0.05) is 200 Å². The van der Waals surface area contributed by atoms with Crippen LogP contribution in [0.4, 0.5) is 17.1 Å². The van der Waals surface area contributed by atoms with Crippen LogP contribution in [0.5, 0.6) is 0 Å². The first-order valence-corrected chi connectivity index (χ1v) is 21.8. The highest BCUT2D eigenvalue weighted by Gasteiger charge is 2.47. The standard InChI is InChI=1S/C61H42N2/c1-6-20-43(21-7-1)44-36-38-49(39-37-44)62(50-40-41-56-53(42-50)59-51(45-22-8-2-9-23-45)31-18-34-57(59)63(56)48-28-14-5-15-29-48)58-35-19-33-55-60(58)52-30-16-17-32-54(52)61(55,46-24-10-3-11-25-46)47-26-12-4-13-27-47/h1-42H. The van der Waals surface area contributed by atoms with E-state index >= 15 is 0 Å². The summed E-state index contributed by atoms with van der Waals surface area (Å²) in [5, 5.41) is 2.44. The van der Waals surface area contributed by atoms with Gasteiger partial charge in [0, 0.05) is 33.4 Å². The van der Waals surface area contributed by atoms with Crippen molar-refractivity contribution in [3.63, 3.8) is 0 Å². The number of benzene rings is 10. The van der Waals surface area contributed by atoms with Crippen LogP contribution >= 0.6 is 0 Å². The fourth-order valence-corrected chi connectivity index (χ4v) is 10.4. The monoisotopic (exact) mass is 802 g/mol. The highest BCUT2D eigenvalue weighted by molar-refractivity contribution is 6.17. The normalized spacial score (nSPS) is 12.6. The highest BCUT2D eigenvalue weighted by atomic mass is 15.1.